The Morgan fingerprint density at radius 2 is 1.86 bits per heavy atom. The standard InChI is InChI=1S/C20H16Br2N2O5/c1-28-18(25)11-29-17-7-4-13(8-15(17)22)9-16-19(26)24(20(27)23-16)10-12-2-5-14(21)6-3-12/h2-9H,10-11H2,1H3,(H,23,27)/b16-9+. The number of halogens is 2. The van der Waals surface area contributed by atoms with Crippen LogP contribution in [0, 0.1) is 0 Å². The quantitative estimate of drug-likeness (QED) is 0.353. The average Bonchev–Trinajstić information content (AvgIpc) is 2.96. The van der Waals surface area contributed by atoms with E-state index in [9.17, 15) is 14.4 Å². The van der Waals surface area contributed by atoms with E-state index >= 15 is 0 Å². The van der Waals surface area contributed by atoms with E-state index in [1.165, 1.54) is 7.11 Å². The lowest BCUT2D eigenvalue weighted by Gasteiger charge is -2.11. The third kappa shape index (κ3) is 5.24. The van der Waals surface area contributed by atoms with Crippen LogP contribution in [0.4, 0.5) is 4.79 Å². The first-order valence-corrected chi connectivity index (χ1v) is 10.0. The number of amides is 3. The molecule has 1 saturated heterocycles. The molecule has 150 valence electrons. The molecule has 0 aliphatic carbocycles. The second-order valence-corrected chi connectivity index (χ2v) is 7.83. The zero-order chi connectivity index (χ0) is 21.0. The summed E-state index contributed by atoms with van der Waals surface area (Å²) in [6.07, 6.45) is 1.58. The summed E-state index contributed by atoms with van der Waals surface area (Å²) in [4.78, 5) is 37.2. The number of ether oxygens (including phenoxy) is 2. The van der Waals surface area contributed by atoms with Crippen molar-refractivity contribution in [1.82, 2.24) is 10.2 Å². The lowest BCUT2D eigenvalue weighted by Crippen LogP contribution is -2.30. The van der Waals surface area contributed by atoms with Crippen LogP contribution in [-0.2, 0) is 20.9 Å². The lowest BCUT2D eigenvalue weighted by molar-refractivity contribution is -0.142. The maximum atomic E-state index is 12.6. The van der Waals surface area contributed by atoms with Gasteiger partial charge in [0.15, 0.2) is 6.61 Å². The fourth-order valence-electron chi connectivity index (χ4n) is 2.57. The fourth-order valence-corrected chi connectivity index (χ4v) is 3.35. The number of hydrogen-bond acceptors (Lipinski definition) is 5. The number of carbonyl (C=O) groups excluding carboxylic acids is 3. The van der Waals surface area contributed by atoms with E-state index in [0.29, 0.717) is 15.8 Å². The van der Waals surface area contributed by atoms with Crippen molar-refractivity contribution in [1.29, 1.82) is 0 Å². The molecule has 1 N–H and O–H groups in total. The van der Waals surface area contributed by atoms with Gasteiger partial charge in [0.1, 0.15) is 11.4 Å². The van der Waals surface area contributed by atoms with Crippen LogP contribution in [0.15, 0.2) is 57.1 Å². The van der Waals surface area contributed by atoms with Crippen LogP contribution in [-0.4, -0.2) is 36.5 Å². The molecule has 3 amide bonds. The molecule has 0 bridgehead atoms. The minimum absolute atomic E-state index is 0.180. The largest absolute Gasteiger partial charge is 0.481 e. The summed E-state index contributed by atoms with van der Waals surface area (Å²) < 4.78 is 11.4. The number of methoxy groups -OCH3 is 1. The summed E-state index contributed by atoms with van der Waals surface area (Å²) in [7, 11) is 1.28. The van der Waals surface area contributed by atoms with Gasteiger partial charge in [-0.15, -0.1) is 0 Å². The van der Waals surface area contributed by atoms with Crippen LogP contribution in [0.1, 0.15) is 11.1 Å². The van der Waals surface area contributed by atoms with E-state index in [2.05, 4.69) is 41.9 Å². The van der Waals surface area contributed by atoms with Gasteiger partial charge in [0.05, 0.1) is 18.1 Å². The highest BCUT2D eigenvalue weighted by atomic mass is 79.9. The zero-order valence-electron chi connectivity index (χ0n) is 15.3. The molecule has 0 aromatic heterocycles. The third-order valence-corrected chi connectivity index (χ3v) is 5.20. The minimum Gasteiger partial charge on any atom is -0.481 e. The second kappa shape index (κ2) is 9.23. The molecule has 0 spiro atoms. The van der Waals surface area contributed by atoms with E-state index in [-0.39, 0.29) is 18.8 Å². The van der Waals surface area contributed by atoms with E-state index in [0.717, 1.165) is 14.9 Å². The molecule has 2 aromatic carbocycles. The molecule has 1 heterocycles. The van der Waals surface area contributed by atoms with Crippen LogP contribution in [0.5, 0.6) is 5.75 Å². The third-order valence-electron chi connectivity index (χ3n) is 4.06. The highest BCUT2D eigenvalue weighted by Gasteiger charge is 2.33. The Morgan fingerprint density at radius 3 is 2.52 bits per heavy atom. The van der Waals surface area contributed by atoms with Crippen molar-refractivity contribution in [3.05, 3.63) is 68.2 Å². The monoisotopic (exact) mass is 522 g/mol. The SMILES string of the molecule is COC(=O)COc1ccc(/C=C2/NC(=O)N(Cc3ccc(Br)cc3)C2=O)cc1Br. The number of nitrogens with one attached hydrogen (secondary N) is 1. The number of rotatable bonds is 6. The van der Waals surface area contributed by atoms with Gasteiger partial charge in [-0.1, -0.05) is 34.1 Å². The van der Waals surface area contributed by atoms with Gasteiger partial charge in [0, 0.05) is 4.47 Å². The number of esters is 1. The number of benzene rings is 2. The maximum Gasteiger partial charge on any atom is 0.343 e. The van der Waals surface area contributed by atoms with Crippen molar-refractivity contribution >= 4 is 55.8 Å². The van der Waals surface area contributed by atoms with E-state index in [1.54, 1.807) is 24.3 Å². The summed E-state index contributed by atoms with van der Waals surface area (Å²) in [6.45, 7) is -0.0333. The first-order valence-electron chi connectivity index (χ1n) is 8.45. The average molecular weight is 524 g/mol. The highest BCUT2D eigenvalue weighted by Crippen LogP contribution is 2.27. The Bertz CT molecular complexity index is 989. The highest BCUT2D eigenvalue weighted by molar-refractivity contribution is 9.10. The van der Waals surface area contributed by atoms with Gasteiger partial charge in [-0.3, -0.25) is 9.69 Å². The first kappa shape index (κ1) is 21.1. The molecule has 2 aromatic rings. The van der Waals surface area contributed by atoms with Crippen LogP contribution < -0.4 is 10.1 Å². The van der Waals surface area contributed by atoms with E-state index in [1.807, 2.05) is 24.3 Å². The molecule has 0 radical (unpaired) electrons. The molecule has 0 saturated carbocycles. The summed E-state index contributed by atoms with van der Waals surface area (Å²) in [6, 6.07) is 12.0. The fraction of sp³-hybridized carbons (Fsp3) is 0.150. The molecular weight excluding hydrogens is 508 g/mol. The van der Waals surface area contributed by atoms with Gasteiger partial charge < -0.3 is 14.8 Å². The molecule has 0 unspecified atom stereocenters. The molecule has 9 heteroatoms. The molecule has 1 aliphatic rings. The topological polar surface area (TPSA) is 84.9 Å². The Kier molecular flexibility index (Phi) is 6.71. The minimum atomic E-state index is -0.492. The van der Waals surface area contributed by atoms with Gasteiger partial charge in [0.25, 0.3) is 5.91 Å². The smallest absolute Gasteiger partial charge is 0.343 e. The number of imide groups is 1. The Labute approximate surface area is 183 Å². The molecule has 7 nitrogen and oxygen atoms in total. The molecule has 1 fully saturated rings. The van der Waals surface area contributed by atoms with Crippen LogP contribution in [0.2, 0.25) is 0 Å². The van der Waals surface area contributed by atoms with E-state index in [4.69, 9.17) is 4.74 Å². The molecule has 29 heavy (non-hydrogen) atoms. The summed E-state index contributed by atoms with van der Waals surface area (Å²) in [5.41, 5.74) is 1.70. The molecular formula is C20H16Br2N2O5. The van der Waals surface area contributed by atoms with Gasteiger partial charge in [-0.05, 0) is 57.4 Å². The van der Waals surface area contributed by atoms with Crippen molar-refractivity contribution in [3.8, 4) is 5.75 Å². The summed E-state index contributed by atoms with van der Waals surface area (Å²) in [5.74, 6) is -0.440. The van der Waals surface area contributed by atoms with Gasteiger partial charge in [-0.2, -0.15) is 0 Å². The molecule has 1 aliphatic heterocycles. The van der Waals surface area contributed by atoms with Gasteiger partial charge in [0.2, 0.25) is 0 Å². The Morgan fingerprint density at radius 1 is 1.14 bits per heavy atom. The maximum absolute atomic E-state index is 12.6. The second-order valence-electron chi connectivity index (χ2n) is 6.06. The Balaban J connectivity index is 1.72. The Hall–Kier alpha value is -2.65. The number of carbonyl (C=O) groups is 3. The van der Waals surface area contributed by atoms with Crippen molar-refractivity contribution in [2.75, 3.05) is 13.7 Å². The van der Waals surface area contributed by atoms with Crippen LogP contribution in [0.25, 0.3) is 6.08 Å². The predicted octanol–water partition coefficient (Wildman–Crippen LogP) is 3.86. The van der Waals surface area contributed by atoms with Crippen molar-refractivity contribution in [3.63, 3.8) is 0 Å². The first-order chi connectivity index (χ1) is 13.9. The predicted molar refractivity (Wildman–Crippen MR) is 113 cm³/mol. The summed E-state index contributed by atoms with van der Waals surface area (Å²) >= 11 is 6.72. The lowest BCUT2D eigenvalue weighted by atomic mass is 10.1. The van der Waals surface area contributed by atoms with Crippen molar-refractivity contribution in [2.45, 2.75) is 6.54 Å². The van der Waals surface area contributed by atoms with Gasteiger partial charge in [-0.25, -0.2) is 9.59 Å². The number of urea groups is 1. The van der Waals surface area contributed by atoms with Crippen LogP contribution in [0.3, 0.4) is 0 Å². The normalized spacial score (nSPS) is 14.9. The van der Waals surface area contributed by atoms with Gasteiger partial charge >= 0.3 is 12.0 Å². The van der Waals surface area contributed by atoms with Crippen molar-refractivity contribution in [2.24, 2.45) is 0 Å². The van der Waals surface area contributed by atoms with E-state index < -0.39 is 17.9 Å². The van der Waals surface area contributed by atoms with Crippen molar-refractivity contribution < 1.29 is 23.9 Å². The number of nitrogens with zero attached hydrogens (tertiary/aromatic N) is 1. The molecule has 0 atom stereocenters. The number of hydrogen-bond donors (Lipinski definition) is 1. The van der Waals surface area contributed by atoms with Crippen LogP contribution >= 0.6 is 31.9 Å². The zero-order valence-corrected chi connectivity index (χ0v) is 18.4. The molecule has 3 rings (SSSR count). The summed E-state index contributed by atoms with van der Waals surface area (Å²) in [5, 5.41) is 2.60.